The molecular formula is C14H16N2O3. The van der Waals surface area contributed by atoms with E-state index in [9.17, 15) is 10.1 Å². The van der Waals surface area contributed by atoms with E-state index in [1.807, 2.05) is 26.0 Å². The second kappa shape index (κ2) is 5.24. The lowest BCUT2D eigenvalue weighted by Gasteiger charge is -2.26. The highest BCUT2D eigenvalue weighted by atomic mass is 16.6. The molecule has 0 radical (unpaired) electrons. The summed E-state index contributed by atoms with van der Waals surface area (Å²) in [6, 6.07) is 10.3. The summed E-state index contributed by atoms with van der Waals surface area (Å²) >= 11 is 0. The summed E-state index contributed by atoms with van der Waals surface area (Å²) in [5, 5.41) is 14.0. The van der Waals surface area contributed by atoms with Gasteiger partial charge in [0.1, 0.15) is 5.76 Å². The predicted octanol–water partition coefficient (Wildman–Crippen LogP) is 3.21. The molecule has 100 valence electrons. The second-order valence-corrected chi connectivity index (χ2v) is 4.86. The van der Waals surface area contributed by atoms with Crippen LogP contribution in [0.1, 0.15) is 25.2 Å². The highest BCUT2D eigenvalue weighted by Crippen LogP contribution is 2.23. The molecule has 0 fully saturated rings. The molecule has 1 N–H and O–H groups in total. The minimum Gasteiger partial charge on any atom is -0.468 e. The monoisotopic (exact) mass is 260 g/mol. The van der Waals surface area contributed by atoms with Crippen molar-refractivity contribution in [1.82, 2.24) is 5.32 Å². The van der Waals surface area contributed by atoms with Gasteiger partial charge in [0, 0.05) is 17.7 Å². The van der Waals surface area contributed by atoms with Crippen LogP contribution in [0, 0.1) is 10.1 Å². The first-order valence-corrected chi connectivity index (χ1v) is 6.01. The quantitative estimate of drug-likeness (QED) is 0.662. The number of furan rings is 1. The van der Waals surface area contributed by atoms with E-state index in [2.05, 4.69) is 5.32 Å². The number of rotatable bonds is 5. The molecule has 0 bridgehead atoms. The first kappa shape index (κ1) is 13.3. The first-order valence-electron chi connectivity index (χ1n) is 6.01. The fraction of sp³-hybridized carbons (Fsp3) is 0.286. The lowest BCUT2D eigenvalue weighted by molar-refractivity contribution is -0.384. The van der Waals surface area contributed by atoms with Gasteiger partial charge in [-0.15, -0.1) is 0 Å². The van der Waals surface area contributed by atoms with Crippen molar-refractivity contribution in [2.75, 3.05) is 0 Å². The Hall–Kier alpha value is -2.14. The predicted molar refractivity (Wildman–Crippen MR) is 71.7 cm³/mol. The van der Waals surface area contributed by atoms with Crippen molar-refractivity contribution in [3.05, 3.63) is 64.1 Å². The number of nitrogens with zero attached hydrogens (tertiary/aromatic N) is 1. The van der Waals surface area contributed by atoms with Gasteiger partial charge >= 0.3 is 0 Å². The summed E-state index contributed by atoms with van der Waals surface area (Å²) in [6.07, 6.45) is 1.63. The smallest absolute Gasteiger partial charge is 0.269 e. The maximum Gasteiger partial charge on any atom is 0.269 e. The number of hydrogen-bond donors (Lipinski definition) is 1. The van der Waals surface area contributed by atoms with Crippen LogP contribution < -0.4 is 5.32 Å². The molecule has 19 heavy (non-hydrogen) atoms. The standard InChI is InChI=1S/C14H16N2O3/c1-14(2,15-10-13-4-3-9-19-13)11-5-7-12(8-6-11)16(17)18/h3-9,15H,10H2,1-2H3. The molecule has 0 aliphatic heterocycles. The zero-order valence-corrected chi connectivity index (χ0v) is 10.9. The number of nitrogens with one attached hydrogen (secondary N) is 1. The number of non-ortho nitro benzene ring substituents is 1. The SMILES string of the molecule is CC(C)(NCc1ccco1)c1ccc([N+](=O)[O-])cc1. The van der Waals surface area contributed by atoms with Crippen molar-refractivity contribution in [1.29, 1.82) is 0 Å². The molecule has 0 amide bonds. The van der Waals surface area contributed by atoms with Gasteiger partial charge < -0.3 is 9.73 Å². The molecule has 0 atom stereocenters. The number of nitro benzene ring substituents is 1. The van der Waals surface area contributed by atoms with Crippen LogP contribution in [0.4, 0.5) is 5.69 Å². The minimum atomic E-state index is -0.396. The average molecular weight is 260 g/mol. The lowest BCUT2D eigenvalue weighted by Crippen LogP contribution is -2.35. The average Bonchev–Trinajstić information content (AvgIpc) is 2.90. The Labute approximate surface area is 111 Å². The van der Waals surface area contributed by atoms with E-state index in [-0.39, 0.29) is 11.2 Å². The molecule has 0 saturated heterocycles. The molecule has 2 aromatic rings. The third-order valence-corrected chi connectivity index (χ3v) is 3.08. The maximum absolute atomic E-state index is 10.6. The topological polar surface area (TPSA) is 68.3 Å². The van der Waals surface area contributed by atoms with Gasteiger partial charge in [-0.25, -0.2) is 0 Å². The Balaban J connectivity index is 2.07. The molecule has 0 aliphatic carbocycles. The first-order chi connectivity index (χ1) is 8.99. The van der Waals surface area contributed by atoms with Gasteiger partial charge in [0.2, 0.25) is 0 Å². The van der Waals surface area contributed by atoms with Crippen LogP contribution in [-0.4, -0.2) is 4.92 Å². The van der Waals surface area contributed by atoms with Gasteiger partial charge in [-0.1, -0.05) is 12.1 Å². The van der Waals surface area contributed by atoms with E-state index >= 15 is 0 Å². The third-order valence-electron chi connectivity index (χ3n) is 3.08. The van der Waals surface area contributed by atoms with E-state index in [4.69, 9.17) is 4.42 Å². The van der Waals surface area contributed by atoms with Crippen molar-refractivity contribution in [2.24, 2.45) is 0 Å². The van der Waals surface area contributed by atoms with Crippen molar-refractivity contribution in [3.8, 4) is 0 Å². The molecule has 0 spiro atoms. The maximum atomic E-state index is 10.6. The Morgan fingerprint density at radius 3 is 2.47 bits per heavy atom. The van der Waals surface area contributed by atoms with Gasteiger partial charge in [-0.05, 0) is 31.5 Å². The van der Waals surface area contributed by atoms with Crippen LogP contribution in [0.25, 0.3) is 0 Å². The molecule has 1 heterocycles. The summed E-state index contributed by atoms with van der Waals surface area (Å²) in [5.41, 5.74) is 0.803. The Kier molecular flexibility index (Phi) is 3.66. The Bertz CT molecular complexity index is 545. The summed E-state index contributed by atoms with van der Waals surface area (Å²) < 4.78 is 5.26. The normalized spacial score (nSPS) is 11.5. The summed E-state index contributed by atoms with van der Waals surface area (Å²) in [4.78, 5) is 10.2. The van der Waals surface area contributed by atoms with Crippen LogP contribution in [0.15, 0.2) is 47.1 Å². The van der Waals surface area contributed by atoms with Gasteiger partial charge in [0.15, 0.2) is 0 Å². The molecular weight excluding hydrogens is 244 g/mol. The van der Waals surface area contributed by atoms with Crippen LogP contribution in [-0.2, 0) is 12.1 Å². The van der Waals surface area contributed by atoms with E-state index < -0.39 is 4.92 Å². The van der Waals surface area contributed by atoms with E-state index in [0.717, 1.165) is 11.3 Å². The van der Waals surface area contributed by atoms with E-state index in [1.165, 1.54) is 12.1 Å². The largest absolute Gasteiger partial charge is 0.468 e. The Morgan fingerprint density at radius 2 is 1.95 bits per heavy atom. The van der Waals surface area contributed by atoms with E-state index in [1.54, 1.807) is 18.4 Å². The van der Waals surface area contributed by atoms with Gasteiger partial charge in [0.05, 0.1) is 17.7 Å². The molecule has 0 unspecified atom stereocenters. The second-order valence-electron chi connectivity index (χ2n) is 4.86. The molecule has 0 saturated carbocycles. The number of benzene rings is 1. The van der Waals surface area contributed by atoms with Gasteiger partial charge in [0.25, 0.3) is 5.69 Å². The van der Waals surface area contributed by atoms with Crippen LogP contribution in [0.2, 0.25) is 0 Å². The number of hydrogen-bond acceptors (Lipinski definition) is 4. The van der Waals surface area contributed by atoms with Crippen LogP contribution >= 0.6 is 0 Å². The third kappa shape index (κ3) is 3.20. The highest BCUT2D eigenvalue weighted by molar-refractivity contribution is 5.35. The molecule has 5 heteroatoms. The molecule has 2 rings (SSSR count). The van der Waals surface area contributed by atoms with Crippen molar-refractivity contribution in [2.45, 2.75) is 25.9 Å². The fourth-order valence-corrected chi connectivity index (χ4v) is 1.82. The summed E-state index contributed by atoms with van der Waals surface area (Å²) in [5.74, 6) is 0.856. The highest BCUT2D eigenvalue weighted by Gasteiger charge is 2.20. The van der Waals surface area contributed by atoms with Gasteiger partial charge in [-0.2, -0.15) is 0 Å². The summed E-state index contributed by atoms with van der Waals surface area (Å²) in [6.45, 7) is 4.66. The molecule has 5 nitrogen and oxygen atoms in total. The summed E-state index contributed by atoms with van der Waals surface area (Å²) in [7, 11) is 0. The minimum absolute atomic E-state index is 0.102. The zero-order chi connectivity index (χ0) is 13.9. The van der Waals surface area contributed by atoms with Gasteiger partial charge in [-0.3, -0.25) is 10.1 Å². The van der Waals surface area contributed by atoms with E-state index in [0.29, 0.717) is 6.54 Å². The van der Waals surface area contributed by atoms with Crippen LogP contribution in [0.5, 0.6) is 0 Å². The zero-order valence-electron chi connectivity index (χ0n) is 10.9. The Morgan fingerprint density at radius 1 is 1.26 bits per heavy atom. The molecule has 0 aliphatic rings. The van der Waals surface area contributed by atoms with Crippen molar-refractivity contribution >= 4 is 5.69 Å². The van der Waals surface area contributed by atoms with Crippen molar-refractivity contribution < 1.29 is 9.34 Å². The molecule has 1 aromatic carbocycles. The number of nitro groups is 1. The van der Waals surface area contributed by atoms with Crippen LogP contribution in [0.3, 0.4) is 0 Å². The van der Waals surface area contributed by atoms with Crippen molar-refractivity contribution in [3.63, 3.8) is 0 Å². The molecule has 1 aromatic heterocycles. The fourth-order valence-electron chi connectivity index (χ4n) is 1.82. The lowest BCUT2D eigenvalue weighted by atomic mass is 9.94.